The zero-order valence-electron chi connectivity index (χ0n) is 12.4. The van der Waals surface area contributed by atoms with E-state index in [1.807, 2.05) is 6.92 Å². The van der Waals surface area contributed by atoms with Gasteiger partial charge in [0.15, 0.2) is 0 Å². The van der Waals surface area contributed by atoms with Gasteiger partial charge in [0.05, 0.1) is 12.7 Å². The largest absolute Gasteiger partial charge is 0.481 e. The highest BCUT2D eigenvalue weighted by molar-refractivity contribution is 5.76. The fourth-order valence-corrected chi connectivity index (χ4v) is 1.83. The van der Waals surface area contributed by atoms with Gasteiger partial charge in [-0.25, -0.2) is 0 Å². The molecular formula is C14H27NO4. The number of carboxylic acids is 1. The third-order valence-corrected chi connectivity index (χ3v) is 2.71. The highest BCUT2D eigenvalue weighted by Crippen LogP contribution is 2.07. The van der Waals surface area contributed by atoms with Crippen LogP contribution in [0.25, 0.3) is 0 Å². The van der Waals surface area contributed by atoms with Crippen molar-refractivity contribution in [1.29, 1.82) is 0 Å². The zero-order chi connectivity index (χ0) is 14.8. The summed E-state index contributed by atoms with van der Waals surface area (Å²) in [5.74, 6) is -0.399. The minimum Gasteiger partial charge on any atom is -0.481 e. The molecule has 0 aliphatic carbocycles. The zero-order valence-corrected chi connectivity index (χ0v) is 12.4. The number of carbonyl (C=O) groups is 2. The van der Waals surface area contributed by atoms with E-state index in [1.54, 1.807) is 6.92 Å². The lowest BCUT2D eigenvalue weighted by atomic mass is 10.1. The van der Waals surface area contributed by atoms with E-state index in [0.717, 1.165) is 6.42 Å². The van der Waals surface area contributed by atoms with Gasteiger partial charge in [-0.15, -0.1) is 0 Å². The van der Waals surface area contributed by atoms with Gasteiger partial charge in [0.2, 0.25) is 5.91 Å². The van der Waals surface area contributed by atoms with E-state index in [0.29, 0.717) is 25.5 Å². The number of amides is 1. The van der Waals surface area contributed by atoms with E-state index >= 15 is 0 Å². The first kappa shape index (κ1) is 17.9. The molecule has 0 fully saturated rings. The minimum absolute atomic E-state index is 0.0535. The van der Waals surface area contributed by atoms with E-state index in [9.17, 15) is 9.59 Å². The Kier molecular flexibility index (Phi) is 9.21. The Morgan fingerprint density at radius 2 is 1.84 bits per heavy atom. The number of nitrogens with one attached hydrogen (secondary N) is 1. The Hall–Kier alpha value is -1.10. The van der Waals surface area contributed by atoms with Crippen LogP contribution in [0.4, 0.5) is 0 Å². The fraction of sp³-hybridized carbons (Fsp3) is 0.857. The Bertz CT molecular complexity index is 279. The summed E-state index contributed by atoms with van der Waals surface area (Å²) < 4.78 is 5.54. The predicted octanol–water partition coefficient (Wildman–Crippen LogP) is 2.05. The molecule has 0 rings (SSSR count). The van der Waals surface area contributed by atoms with Gasteiger partial charge >= 0.3 is 5.97 Å². The molecule has 5 nitrogen and oxygen atoms in total. The van der Waals surface area contributed by atoms with Crippen LogP contribution in [0.5, 0.6) is 0 Å². The second-order valence-electron chi connectivity index (χ2n) is 5.57. The van der Waals surface area contributed by atoms with Crippen molar-refractivity contribution in [3.63, 3.8) is 0 Å². The van der Waals surface area contributed by atoms with Crippen molar-refractivity contribution < 1.29 is 19.4 Å². The molecule has 2 atom stereocenters. The molecule has 19 heavy (non-hydrogen) atoms. The van der Waals surface area contributed by atoms with Crippen LogP contribution in [0.15, 0.2) is 0 Å². The van der Waals surface area contributed by atoms with Crippen molar-refractivity contribution in [3.8, 4) is 0 Å². The predicted molar refractivity (Wildman–Crippen MR) is 73.9 cm³/mol. The summed E-state index contributed by atoms with van der Waals surface area (Å²) in [5, 5.41) is 11.3. The van der Waals surface area contributed by atoms with E-state index in [-0.39, 0.29) is 24.3 Å². The van der Waals surface area contributed by atoms with Crippen LogP contribution in [0.2, 0.25) is 0 Å². The van der Waals surface area contributed by atoms with Crippen molar-refractivity contribution in [2.75, 3.05) is 13.2 Å². The molecule has 0 aromatic carbocycles. The normalized spacial score (nSPS) is 14.2. The molecule has 0 saturated heterocycles. The molecule has 0 spiro atoms. The topological polar surface area (TPSA) is 75.6 Å². The van der Waals surface area contributed by atoms with Crippen molar-refractivity contribution in [2.45, 2.75) is 53.1 Å². The summed E-state index contributed by atoms with van der Waals surface area (Å²) >= 11 is 0. The standard InChI is InChI=1S/C14H27NO4/c1-10(2)7-12(4)19-6-5-13(16)15-9-11(3)8-14(17)18/h10-12H,5-9H2,1-4H3,(H,15,16)(H,17,18). The number of hydrogen-bond donors (Lipinski definition) is 2. The maximum Gasteiger partial charge on any atom is 0.303 e. The van der Waals surface area contributed by atoms with Gasteiger partial charge in [0, 0.05) is 19.4 Å². The Morgan fingerprint density at radius 1 is 1.21 bits per heavy atom. The molecule has 2 unspecified atom stereocenters. The van der Waals surface area contributed by atoms with Gasteiger partial charge in [-0.1, -0.05) is 20.8 Å². The monoisotopic (exact) mass is 273 g/mol. The molecule has 0 saturated carbocycles. The van der Waals surface area contributed by atoms with Gasteiger partial charge in [0.25, 0.3) is 0 Å². The average molecular weight is 273 g/mol. The van der Waals surface area contributed by atoms with E-state index in [1.165, 1.54) is 0 Å². The SMILES string of the molecule is CC(C)CC(C)OCCC(=O)NCC(C)CC(=O)O. The summed E-state index contributed by atoms with van der Waals surface area (Å²) in [5.41, 5.74) is 0. The second-order valence-corrected chi connectivity index (χ2v) is 5.57. The fourth-order valence-electron chi connectivity index (χ4n) is 1.83. The van der Waals surface area contributed by atoms with E-state index < -0.39 is 5.97 Å². The number of aliphatic carboxylic acids is 1. The maximum absolute atomic E-state index is 11.5. The van der Waals surface area contributed by atoms with Crippen LogP contribution in [0.3, 0.4) is 0 Å². The number of hydrogen-bond acceptors (Lipinski definition) is 3. The van der Waals surface area contributed by atoms with Crippen LogP contribution in [-0.4, -0.2) is 36.2 Å². The third-order valence-electron chi connectivity index (χ3n) is 2.71. The quantitative estimate of drug-likeness (QED) is 0.639. The molecule has 0 aromatic rings. The van der Waals surface area contributed by atoms with Crippen LogP contribution in [0.1, 0.15) is 47.0 Å². The summed E-state index contributed by atoms with van der Waals surface area (Å²) in [7, 11) is 0. The Morgan fingerprint density at radius 3 is 2.37 bits per heavy atom. The first-order valence-corrected chi connectivity index (χ1v) is 6.91. The summed E-state index contributed by atoms with van der Waals surface area (Å²) in [4.78, 5) is 22.0. The van der Waals surface area contributed by atoms with Gasteiger partial charge < -0.3 is 15.2 Å². The molecule has 0 aromatic heterocycles. The first-order chi connectivity index (χ1) is 8.81. The Labute approximate surface area is 115 Å². The molecule has 0 aliphatic rings. The number of ether oxygens (including phenoxy) is 1. The van der Waals surface area contributed by atoms with E-state index in [4.69, 9.17) is 9.84 Å². The number of rotatable bonds is 10. The molecule has 0 heterocycles. The lowest BCUT2D eigenvalue weighted by molar-refractivity contribution is -0.138. The molecule has 0 bridgehead atoms. The molecule has 112 valence electrons. The summed E-state index contributed by atoms with van der Waals surface area (Å²) in [6.45, 7) is 8.88. The van der Waals surface area contributed by atoms with Gasteiger partial charge in [-0.05, 0) is 25.2 Å². The first-order valence-electron chi connectivity index (χ1n) is 6.91. The molecule has 0 radical (unpaired) electrons. The lowest BCUT2D eigenvalue weighted by Crippen LogP contribution is -2.30. The maximum atomic E-state index is 11.5. The lowest BCUT2D eigenvalue weighted by Gasteiger charge is -2.15. The van der Waals surface area contributed by atoms with Gasteiger partial charge in [0.1, 0.15) is 0 Å². The molecule has 1 amide bonds. The Balaban J connectivity index is 3.62. The van der Waals surface area contributed by atoms with Crippen LogP contribution >= 0.6 is 0 Å². The van der Waals surface area contributed by atoms with Crippen LogP contribution in [0, 0.1) is 11.8 Å². The second kappa shape index (κ2) is 9.78. The van der Waals surface area contributed by atoms with Crippen molar-refractivity contribution in [3.05, 3.63) is 0 Å². The smallest absolute Gasteiger partial charge is 0.303 e. The summed E-state index contributed by atoms with van der Waals surface area (Å²) in [6.07, 6.45) is 1.54. The third kappa shape index (κ3) is 11.7. The average Bonchev–Trinajstić information content (AvgIpc) is 2.24. The van der Waals surface area contributed by atoms with Crippen molar-refractivity contribution in [2.24, 2.45) is 11.8 Å². The minimum atomic E-state index is -0.840. The van der Waals surface area contributed by atoms with Gasteiger partial charge in [-0.3, -0.25) is 9.59 Å². The highest BCUT2D eigenvalue weighted by atomic mass is 16.5. The van der Waals surface area contributed by atoms with Crippen LogP contribution < -0.4 is 5.32 Å². The van der Waals surface area contributed by atoms with Crippen LogP contribution in [-0.2, 0) is 14.3 Å². The molecule has 0 aliphatic heterocycles. The molecule has 5 heteroatoms. The molecular weight excluding hydrogens is 246 g/mol. The number of carbonyl (C=O) groups excluding carboxylic acids is 1. The highest BCUT2D eigenvalue weighted by Gasteiger charge is 2.10. The number of carboxylic acid groups (broad SMARTS) is 1. The van der Waals surface area contributed by atoms with E-state index in [2.05, 4.69) is 19.2 Å². The summed E-state index contributed by atoms with van der Waals surface area (Å²) in [6, 6.07) is 0. The van der Waals surface area contributed by atoms with Crippen molar-refractivity contribution in [1.82, 2.24) is 5.32 Å². The van der Waals surface area contributed by atoms with Gasteiger partial charge in [-0.2, -0.15) is 0 Å². The molecule has 2 N–H and O–H groups in total. The van der Waals surface area contributed by atoms with Crippen molar-refractivity contribution >= 4 is 11.9 Å².